The molecule has 0 aliphatic rings. The van der Waals surface area contributed by atoms with Crippen molar-refractivity contribution in [2.24, 2.45) is 0 Å². The highest BCUT2D eigenvalue weighted by Gasteiger charge is 2.30. The fourth-order valence-electron chi connectivity index (χ4n) is 1.25. The number of rotatable bonds is 5. The van der Waals surface area contributed by atoms with Crippen LogP contribution < -0.4 is 5.32 Å². The molecular weight excluding hydrogens is 325 g/mol. The van der Waals surface area contributed by atoms with E-state index in [9.17, 15) is 4.79 Å². The van der Waals surface area contributed by atoms with Crippen LogP contribution in [0.3, 0.4) is 0 Å². The summed E-state index contributed by atoms with van der Waals surface area (Å²) in [6.45, 7) is -1.76. The van der Waals surface area contributed by atoms with Crippen molar-refractivity contribution in [3.05, 3.63) is 33.3 Å². The van der Waals surface area contributed by atoms with Crippen LogP contribution in [0, 0.1) is 0 Å². The standard InChI is InChI=1S/C11H13BrClNO4/c12-7-1-2-9(13)8(3-7)10(18)14-11(4-15,5-16)6-17/h1-3,15-17H,4-6H2,(H,14,18). The average molecular weight is 339 g/mol. The molecule has 1 aromatic rings. The van der Waals surface area contributed by atoms with Crippen molar-refractivity contribution >= 4 is 33.4 Å². The molecule has 0 aliphatic heterocycles. The van der Waals surface area contributed by atoms with Crippen LogP contribution in [-0.2, 0) is 0 Å². The van der Waals surface area contributed by atoms with E-state index in [0.29, 0.717) is 4.47 Å². The minimum Gasteiger partial charge on any atom is -0.394 e. The number of hydrogen-bond acceptors (Lipinski definition) is 4. The van der Waals surface area contributed by atoms with Crippen LogP contribution in [0.5, 0.6) is 0 Å². The number of carbonyl (C=O) groups excluding carboxylic acids is 1. The van der Waals surface area contributed by atoms with Gasteiger partial charge in [-0.25, -0.2) is 0 Å². The summed E-state index contributed by atoms with van der Waals surface area (Å²) in [6, 6.07) is 4.73. The molecule has 18 heavy (non-hydrogen) atoms. The van der Waals surface area contributed by atoms with Gasteiger partial charge in [0.25, 0.3) is 5.91 Å². The molecule has 100 valence electrons. The maximum absolute atomic E-state index is 12.0. The van der Waals surface area contributed by atoms with E-state index in [4.69, 9.17) is 26.9 Å². The summed E-state index contributed by atoms with van der Waals surface area (Å²) in [7, 11) is 0. The lowest BCUT2D eigenvalue weighted by molar-refractivity contribution is 0.0375. The zero-order chi connectivity index (χ0) is 13.8. The van der Waals surface area contributed by atoms with Crippen LogP contribution in [0.1, 0.15) is 10.4 Å². The maximum atomic E-state index is 12.0. The fourth-order valence-corrected chi connectivity index (χ4v) is 1.81. The molecule has 0 aromatic heterocycles. The number of nitrogens with one attached hydrogen (secondary N) is 1. The highest BCUT2D eigenvalue weighted by Crippen LogP contribution is 2.21. The summed E-state index contributed by atoms with van der Waals surface area (Å²) in [5.41, 5.74) is -1.28. The number of halogens is 2. The molecule has 0 radical (unpaired) electrons. The third kappa shape index (κ3) is 3.43. The molecule has 0 saturated heterocycles. The number of carbonyl (C=O) groups is 1. The van der Waals surface area contributed by atoms with Crippen molar-refractivity contribution in [2.75, 3.05) is 19.8 Å². The van der Waals surface area contributed by atoms with E-state index < -0.39 is 31.3 Å². The smallest absolute Gasteiger partial charge is 0.253 e. The minimum atomic E-state index is -1.47. The molecule has 0 heterocycles. The fraction of sp³-hybridized carbons (Fsp3) is 0.364. The van der Waals surface area contributed by atoms with Crippen molar-refractivity contribution < 1.29 is 20.1 Å². The van der Waals surface area contributed by atoms with E-state index in [0.717, 1.165) is 0 Å². The first-order valence-corrected chi connectivity index (χ1v) is 6.25. The van der Waals surface area contributed by atoms with Crippen LogP contribution in [0.2, 0.25) is 5.02 Å². The zero-order valence-electron chi connectivity index (χ0n) is 9.36. The van der Waals surface area contributed by atoms with Crippen LogP contribution in [0.4, 0.5) is 0 Å². The Labute approximate surface area is 118 Å². The summed E-state index contributed by atoms with van der Waals surface area (Å²) >= 11 is 9.09. The van der Waals surface area contributed by atoms with Crippen molar-refractivity contribution in [1.29, 1.82) is 0 Å². The zero-order valence-corrected chi connectivity index (χ0v) is 11.7. The van der Waals surface area contributed by atoms with Crippen LogP contribution >= 0.6 is 27.5 Å². The minimum absolute atomic E-state index is 0.186. The molecule has 7 heteroatoms. The second-order valence-corrected chi connectivity index (χ2v) is 5.16. The summed E-state index contributed by atoms with van der Waals surface area (Å²) in [4.78, 5) is 12.0. The van der Waals surface area contributed by atoms with E-state index in [2.05, 4.69) is 21.2 Å². The van der Waals surface area contributed by atoms with Gasteiger partial charge in [0, 0.05) is 4.47 Å². The van der Waals surface area contributed by atoms with E-state index in [1.54, 1.807) is 12.1 Å². The van der Waals surface area contributed by atoms with E-state index in [-0.39, 0.29) is 10.6 Å². The molecule has 0 bridgehead atoms. The number of benzene rings is 1. The molecule has 0 spiro atoms. The molecular formula is C11H13BrClNO4. The molecule has 1 rings (SSSR count). The maximum Gasteiger partial charge on any atom is 0.253 e. The third-order valence-corrected chi connectivity index (χ3v) is 3.28. The summed E-state index contributed by atoms with van der Waals surface area (Å²) in [6.07, 6.45) is 0. The lowest BCUT2D eigenvalue weighted by Crippen LogP contribution is -2.57. The Bertz CT molecular complexity index is 429. The van der Waals surface area contributed by atoms with Gasteiger partial charge < -0.3 is 20.6 Å². The lowest BCUT2D eigenvalue weighted by Gasteiger charge is -2.28. The Kier molecular flexibility index (Phi) is 5.55. The quantitative estimate of drug-likeness (QED) is 0.631. The third-order valence-electron chi connectivity index (χ3n) is 2.46. The van der Waals surface area contributed by atoms with Crippen molar-refractivity contribution in [2.45, 2.75) is 5.54 Å². The molecule has 5 nitrogen and oxygen atoms in total. The number of amides is 1. The Morgan fingerprint density at radius 1 is 1.28 bits per heavy atom. The van der Waals surface area contributed by atoms with E-state index >= 15 is 0 Å². The van der Waals surface area contributed by atoms with Gasteiger partial charge in [-0.1, -0.05) is 27.5 Å². The molecule has 1 amide bonds. The van der Waals surface area contributed by atoms with Crippen LogP contribution in [-0.4, -0.2) is 46.6 Å². The normalized spacial score (nSPS) is 11.4. The van der Waals surface area contributed by atoms with E-state index in [1.807, 2.05) is 0 Å². The summed E-state index contributed by atoms with van der Waals surface area (Å²) in [5, 5.41) is 30.0. The van der Waals surface area contributed by atoms with Gasteiger partial charge in [-0.3, -0.25) is 4.79 Å². The van der Waals surface area contributed by atoms with Gasteiger partial charge in [-0.2, -0.15) is 0 Å². The molecule has 4 N–H and O–H groups in total. The van der Waals surface area contributed by atoms with Crippen LogP contribution in [0.15, 0.2) is 22.7 Å². The molecule has 1 aromatic carbocycles. The SMILES string of the molecule is O=C(NC(CO)(CO)CO)c1cc(Br)ccc1Cl. The van der Waals surface area contributed by atoms with E-state index in [1.165, 1.54) is 6.07 Å². The Hall–Kier alpha value is -0.660. The van der Waals surface area contributed by atoms with Gasteiger partial charge in [0.2, 0.25) is 0 Å². The summed E-state index contributed by atoms with van der Waals surface area (Å²) in [5.74, 6) is -0.585. The topological polar surface area (TPSA) is 89.8 Å². The largest absolute Gasteiger partial charge is 0.394 e. The first-order valence-electron chi connectivity index (χ1n) is 5.08. The molecule has 0 atom stereocenters. The first kappa shape index (κ1) is 15.4. The number of aliphatic hydroxyl groups is 3. The molecule has 0 saturated carbocycles. The average Bonchev–Trinajstić information content (AvgIpc) is 2.38. The van der Waals surface area contributed by atoms with Crippen LogP contribution in [0.25, 0.3) is 0 Å². The van der Waals surface area contributed by atoms with Gasteiger partial charge in [0.1, 0.15) is 5.54 Å². The number of aliphatic hydroxyl groups excluding tert-OH is 3. The Balaban J connectivity index is 2.97. The molecule has 0 fully saturated rings. The lowest BCUT2D eigenvalue weighted by atomic mass is 10.0. The predicted molar refractivity (Wildman–Crippen MR) is 70.6 cm³/mol. The first-order chi connectivity index (χ1) is 8.48. The predicted octanol–water partition coefficient (Wildman–Crippen LogP) is 0.548. The van der Waals surface area contributed by atoms with Crippen molar-refractivity contribution in [1.82, 2.24) is 5.32 Å². The van der Waals surface area contributed by atoms with Gasteiger partial charge in [-0.05, 0) is 18.2 Å². The molecule has 0 aliphatic carbocycles. The second kappa shape index (κ2) is 6.49. The monoisotopic (exact) mass is 337 g/mol. The van der Waals surface area contributed by atoms with Gasteiger partial charge in [-0.15, -0.1) is 0 Å². The Morgan fingerprint density at radius 3 is 2.33 bits per heavy atom. The molecule has 0 unspecified atom stereocenters. The van der Waals surface area contributed by atoms with Gasteiger partial charge >= 0.3 is 0 Å². The van der Waals surface area contributed by atoms with Gasteiger partial charge in [0.15, 0.2) is 0 Å². The second-order valence-electron chi connectivity index (χ2n) is 3.83. The Morgan fingerprint density at radius 2 is 1.83 bits per heavy atom. The van der Waals surface area contributed by atoms with Crippen molar-refractivity contribution in [3.63, 3.8) is 0 Å². The van der Waals surface area contributed by atoms with Crippen molar-refractivity contribution in [3.8, 4) is 0 Å². The highest BCUT2D eigenvalue weighted by atomic mass is 79.9. The highest BCUT2D eigenvalue weighted by molar-refractivity contribution is 9.10. The van der Waals surface area contributed by atoms with Gasteiger partial charge in [0.05, 0.1) is 30.4 Å². The number of hydrogen-bond donors (Lipinski definition) is 4. The summed E-state index contributed by atoms with van der Waals surface area (Å²) < 4.78 is 0.666.